The molecule has 0 fully saturated rings. The molecule has 2 heterocycles. The Morgan fingerprint density at radius 1 is 0.980 bits per heavy atom. The first-order valence-electron chi connectivity index (χ1n) is 14.1. The monoisotopic (exact) mass is 763 g/mol. The van der Waals surface area contributed by atoms with E-state index in [0.29, 0.717) is 37.7 Å². The molecule has 0 aliphatic carbocycles. The Kier molecular flexibility index (Phi) is 12.4. The number of aliphatic imine (C=N–C) groups is 1. The van der Waals surface area contributed by atoms with Crippen LogP contribution in [0.5, 0.6) is 0 Å². The third-order valence-corrected chi connectivity index (χ3v) is 10.5. The number of thiazole rings is 1. The molecule has 4 aromatic carbocycles. The van der Waals surface area contributed by atoms with Gasteiger partial charge in [0.1, 0.15) is 25.7 Å². The summed E-state index contributed by atoms with van der Waals surface area (Å²) in [5.74, 6) is -1.32. The first-order valence-corrected chi connectivity index (χ1v) is 17.8. The number of nitrogens with zero attached hydrogens (tertiary/aromatic N) is 6. The van der Waals surface area contributed by atoms with Gasteiger partial charge < -0.3 is 15.4 Å². The second-order valence-electron chi connectivity index (χ2n) is 10.8. The number of carbonyl (C=O) groups excluding carboxylic acids is 1. The molecule has 0 spiro atoms. The normalized spacial score (nSPS) is 15.2. The first-order chi connectivity index (χ1) is 23.1. The topological polar surface area (TPSA) is 243 Å². The van der Waals surface area contributed by atoms with Crippen LogP contribution >= 0.6 is 11.3 Å². The van der Waals surface area contributed by atoms with Gasteiger partial charge in [0.2, 0.25) is 0 Å². The van der Waals surface area contributed by atoms with Crippen molar-refractivity contribution in [2.24, 2.45) is 20.3 Å². The van der Waals surface area contributed by atoms with Crippen LogP contribution in [0, 0.1) is 6.92 Å². The second kappa shape index (κ2) is 15.7. The van der Waals surface area contributed by atoms with Gasteiger partial charge in [-0.3, -0.25) is 14.3 Å². The predicted molar refractivity (Wildman–Crippen MR) is 180 cm³/mol. The van der Waals surface area contributed by atoms with Gasteiger partial charge in [0, 0.05) is 11.3 Å². The van der Waals surface area contributed by atoms with Crippen molar-refractivity contribution in [1.82, 2.24) is 4.98 Å². The summed E-state index contributed by atoms with van der Waals surface area (Å²) in [5, 5.41) is 26.3. The molecule has 0 saturated heterocycles. The van der Waals surface area contributed by atoms with Crippen LogP contribution in [0.4, 0.5) is 22.7 Å². The van der Waals surface area contributed by atoms with Crippen LogP contribution < -0.4 is 75.0 Å². The average Bonchev–Trinajstić information content (AvgIpc) is 3.59. The molecule has 0 bridgehead atoms. The van der Waals surface area contributed by atoms with Crippen molar-refractivity contribution in [3.05, 3.63) is 90.0 Å². The van der Waals surface area contributed by atoms with Crippen LogP contribution in [-0.2, 0) is 25.0 Å². The number of azo groups is 1. The molecule has 1 aliphatic rings. The SMILES string of the molecule is CC1=NN(c2ccc(-c3nc4ccc(C)c(S(=O)(=O)O)c4s3)cc2)C(=O)C1N=Nc1ccc(N=C([O-])c2cccc(N)c2)cc1S(=O)(=O)[O-].[Na+].[Na+]. The molecule has 0 radical (unpaired) electrons. The molecule has 1 amide bonds. The number of amides is 1. The van der Waals surface area contributed by atoms with Crippen LogP contribution in [0.15, 0.2) is 109 Å². The van der Waals surface area contributed by atoms with Crippen LogP contribution in [0.2, 0.25) is 0 Å². The van der Waals surface area contributed by atoms with Crippen molar-refractivity contribution in [1.29, 1.82) is 0 Å². The number of nitrogens with two attached hydrogens (primary N) is 1. The molecular formula is C31H23N7Na2O8S3. The zero-order valence-corrected chi connectivity index (χ0v) is 33.8. The Bertz CT molecular complexity index is 2490. The Morgan fingerprint density at radius 3 is 2.33 bits per heavy atom. The minimum absolute atomic E-state index is 0. The second-order valence-corrected chi connectivity index (χ2v) is 14.5. The zero-order chi connectivity index (χ0) is 35.2. The maximum Gasteiger partial charge on any atom is 1.00 e. The van der Waals surface area contributed by atoms with E-state index < -0.39 is 43.0 Å². The van der Waals surface area contributed by atoms with Crippen molar-refractivity contribution >= 4 is 82.1 Å². The number of nitrogen functional groups attached to an aromatic ring is 1. The number of fused-ring (bicyclic) bond motifs is 1. The average molecular weight is 764 g/mol. The van der Waals surface area contributed by atoms with Crippen LogP contribution in [0.1, 0.15) is 18.1 Å². The van der Waals surface area contributed by atoms with Gasteiger partial charge >= 0.3 is 59.1 Å². The molecule has 15 nitrogen and oxygen atoms in total. The number of hydrogen-bond acceptors (Lipinski definition) is 14. The van der Waals surface area contributed by atoms with E-state index in [0.717, 1.165) is 28.5 Å². The fourth-order valence-corrected chi connectivity index (χ4v) is 7.91. The van der Waals surface area contributed by atoms with Crippen molar-refractivity contribution < 1.29 is 95.0 Å². The Morgan fingerprint density at radius 2 is 1.69 bits per heavy atom. The number of anilines is 2. The molecule has 1 unspecified atom stereocenters. The van der Waals surface area contributed by atoms with E-state index in [1.54, 1.807) is 55.5 Å². The van der Waals surface area contributed by atoms with Crippen molar-refractivity contribution in [2.45, 2.75) is 29.7 Å². The fourth-order valence-electron chi connectivity index (χ4n) is 4.96. The van der Waals surface area contributed by atoms with Crippen molar-refractivity contribution in [3.63, 3.8) is 0 Å². The fraction of sp³-hybridized carbons (Fsp3) is 0.0968. The number of aromatic nitrogens is 1. The summed E-state index contributed by atoms with van der Waals surface area (Å²) in [5.41, 5.74) is 7.69. The maximum atomic E-state index is 13.3. The summed E-state index contributed by atoms with van der Waals surface area (Å²) in [6, 6.07) is 17.8. The van der Waals surface area contributed by atoms with Gasteiger partial charge in [0.15, 0.2) is 6.04 Å². The van der Waals surface area contributed by atoms with E-state index >= 15 is 0 Å². The predicted octanol–water partition coefficient (Wildman–Crippen LogP) is -1.67. The Balaban J connectivity index is 0.00000292. The minimum atomic E-state index is -5.10. The van der Waals surface area contributed by atoms with Gasteiger partial charge in [-0.15, -0.1) is 11.3 Å². The van der Waals surface area contributed by atoms with Gasteiger partial charge in [-0.05, 0) is 91.5 Å². The molecule has 0 saturated carbocycles. The molecule has 3 N–H and O–H groups in total. The van der Waals surface area contributed by atoms with E-state index in [-0.39, 0.29) is 86.7 Å². The summed E-state index contributed by atoms with van der Waals surface area (Å²) in [6.07, 6.45) is 0. The van der Waals surface area contributed by atoms with Crippen molar-refractivity contribution in [2.75, 3.05) is 10.7 Å². The van der Waals surface area contributed by atoms with Gasteiger partial charge in [-0.1, -0.05) is 18.2 Å². The van der Waals surface area contributed by atoms with Crippen LogP contribution in [0.25, 0.3) is 20.8 Å². The quantitative estimate of drug-likeness (QED) is 0.0455. The van der Waals surface area contributed by atoms with E-state index in [2.05, 4.69) is 25.3 Å². The molecule has 1 aromatic heterocycles. The summed E-state index contributed by atoms with van der Waals surface area (Å²) < 4.78 is 70.3. The molecule has 1 aliphatic heterocycles. The maximum absolute atomic E-state index is 13.3. The molecule has 250 valence electrons. The zero-order valence-electron chi connectivity index (χ0n) is 27.4. The molecule has 20 heteroatoms. The van der Waals surface area contributed by atoms with Gasteiger partial charge in [0.25, 0.3) is 16.0 Å². The summed E-state index contributed by atoms with van der Waals surface area (Å²) in [4.78, 5) is 20.7. The van der Waals surface area contributed by atoms with Crippen molar-refractivity contribution in [3.8, 4) is 10.6 Å². The standard InChI is InChI=1S/C31H25N7O8S3.2Na/c1-16-6-12-24-27(28(16)49(44,45)46)47-30(34-24)18-7-10-22(11-8-18)38-31(40)26(17(2)37-38)36-35-23-13-9-21(15-25(23)48(41,42)43)33-29(39)19-4-3-5-20(32)14-19;;/h3-15,26H,32H2,1-2H3,(H,33,39)(H,41,42,43)(H,44,45,46);;/q;2*+1/p-2. The molecule has 51 heavy (non-hydrogen) atoms. The minimum Gasteiger partial charge on any atom is -0.858 e. The summed E-state index contributed by atoms with van der Waals surface area (Å²) in [7, 11) is -9.59. The molecule has 6 rings (SSSR count). The number of hydrazone groups is 1. The number of rotatable bonds is 8. The smallest absolute Gasteiger partial charge is 0.858 e. The third kappa shape index (κ3) is 8.64. The summed E-state index contributed by atoms with van der Waals surface area (Å²) >= 11 is 1.09. The third-order valence-electron chi connectivity index (χ3n) is 7.28. The number of carbonyl (C=O) groups is 1. The van der Waals surface area contributed by atoms with E-state index in [1.807, 2.05) is 0 Å². The number of hydrogen-bond donors (Lipinski definition) is 2. The van der Waals surface area contributed by atoms with E-state index in [4.69, 9.17) is 5.73 Å². The molecule has 1 atom stereocenters. The number of benzene rings is 4. The van der Waals surface area contributed by atoms with E-state index in [1.165, 1.54) is 25.1 Å². The first kappa shape index (κ1) is 40.4. The van der Waals surface area contributed by atoms with Gasteiger partial charge in [-0.25, -0.2) is 13.4 Å². The Labute approximate surface area is 340 Å². The van der Waals surface area contributed by atoms with Crippen LogP contribution in [-0.4, -0.2) is 54.5 Å². The van der Waals surface area contributed by atoms with Crippen LogP contribution in [0.3, 0.4) is 0 Å². The number of aryl methyl sites for hydroxylation is 1. The van der Waals surface area contributed by atoms with Gasteiger partial charge in [0.05, 0.1) is 32.2 Å². The Hall–Kier alpha value is -3.40. The summed E-state index contributed by atoms with van der Waals surface area (Å²) in [6.45, 7) is 3.10. The molecule has 5 aromatic rings. The van der Waals surface area contributed by atoms with Gasteiger partial charge in [-0.2, -0.15) is 28.8 Å². The van der Waals surface area contributed by atoms with E-state index in [9.17, 15) is 35.8 Å². The molecular weight excluding hydrogens is 741 g/mol. The largest absolute Gasteiger partial charge is 1.00 e.